The van der Waals surface area contributed by atoms with Gasteiger partial charge < -0.3 is 30.4 Å². The average Bonchev–Trinajstić information content (AvgIpc) is 3.23. The van der Waals surface area contributed by atoms with Gasteiger partial charge in [-0.15, -0.1) is 0 Å². The second kappa shape index (κ2) is 9.22. The first-order chi connectivity index (χ1) is 14.0. The minimum atomic E-state index is -1.03. The molecule has 152 valence electrons. The van der Waals surface area contributed by atoms with E-state index >= 15 is 0 Å². The fourth-order valence-electron chi connectivity index (χ4n) is 3.10. The number of aliphatic hydroxyl groups excluding tert-OH is 1. The van der Waals surface area contributed by atoms with Crippen molar-refractivity contribution in [2.75, 3.05) is 12.8 Å². The summed E-state index contributed by atoms with van der Waals surface area (Å²) in [5, 5.41) is 22.0. The summed E-state index contributed by atoms with van der Waals surface area (Å²) in [6.07, 6.45) is 1.35. The van der Waals surface area contributed by atoms with E-state index < -0.39 is 6.23 Å². The van der Waals surface area contributed by atoms with Crippen LogP contribution in [0, 0.1) is 5.41 Å². The molecule has 0 spiro atoms. The quantitative estimate of drug-likeness (QED) is 0.214. The average molecular weight is 396 g/mol. The lowest BCUT2D eigenvalue weighted by Crippen LogP contribution is -2.22. The molecule has 0 radical (unpaired) electrons. The molecule has 29 heavy (non-hydrogen) atoms. The molecular formula is C21H24N4O4. The number of rotatable bonds is 9. The van der Waals surface area contributed by atoms with Gasteiger partial charge in [0, 0.05) is 28.7 Å². The van der Waals surface area contributed by atoms with E-state index in [1.54, 1.807) is 42.7 Å². The van der Waals surface area contributed by atoms with Gasteiger partial charge in [0.15, 0.2) is 0 Å². The van der Waals surface area contributed by atoms with Gasteiger partial charge >= 0.3 is 0 Å². The highest BCUT2D eigenvalue weighted by molar-refractivity contribution is 6.05. The highest BCUT2D eigenvalue weighted by atomic mass is 16.5. The van der Waals surface area contributed by atoms with Crippen molar-refractivity contribution in [2.45, 2.75) is 25.6 Å². The SMILES string of the molecule is COc1c(C(O)NCc2ccco2)ccc(N)c1C(=N)CCc1cccc(=O)[nH]1. The molecule has 2 aromatic heterocycles. The standard InChI is InChI=1S/C21H24N4O4/c1-28-20-15(21(27)24-12-14-5-3-11-29-14)8-10-17(23)19(20)16(22)9-7-13-4-2-6-18(26)25-13/h2-6,8,10-11,21-22,24,27H,7,9,12,23H2,1H3,(H,25,26). The summed E-state index contributed by atoms with van der Waals surface area (Å²) in [5.74, 6) is 1.03. The number of methoxy groups -OCH3 is 1. The molecule has 6 N–H and O–H groups in total. The number of hydrogen-bond donors (Lipinski definition) is 5. The zero-order chi connectivity index (χ0) is 20.8. The number of benzene rings is 1. The number of aryl methyl sites for hydroxylation is 1. The van der Waals surface area contributed by atoms with Crippen LogP contribution in [0.3, 0.4) is 0 Å². The van der Waals surface area contributed by atoms with Crippen molar-refractivity contribution in [1.82, 2.24) is 10.3 Å². The van der Waals surface area contributed by atoms with Gasteiger partial charge in [0.25, 0.3) is 0 Å². The molecule has 8 heteroatoms. The Morgan fingerprint density at radius 2 is 2.14 bits per heavy atom. The van der Waals surface area contributed by atoms with Crippen LogP contribution in [0.15, 0.2) is 57.9 Å². The summed E-state index contributed by atoms with van der Waals surface area (Å²) >= 11 is 0. The molecular weight excluding hydrogens is 372 g/mol. The van der Waals surface area contributed by atoms with Gasteiger partial charge in [-0.3, -0.25) is 10.1 Å². The highest BCUT2D eigenvalue weighted by Gasteiger charge is 2.21. The molecule has 1 atom stereocenters. The van der Waals surface area contributed by atoms with Crippen LogP contribution in [-0.4, -0.2) is 22.9 Å². The predicted octanol–water partition coefficient (Wildman–Crippen LogP) is 2.34. The van der Waals surface area contributed by atoms with E-state index in [2.05, 4.69) is 10.3 Å². The number of aromatic amines is 1. The molecule has 0 aliphatic carbocycles. The number of nitrogens with one attached hydrogen (secondary N) is 3. The zero-order valence-corrected chi connectivity index (χ0v) is 16.1. The number of furan rings is 1. The minimum Gasteiger partial charge on any atom is -0.496 e. The fourth-order valence-corrected chi connectivity index (χ4v) is 3.10. The number of nitrogen functional groups attached to an aromatic ring is 1. The molecule has 3 rings (SSSR count). The number of nitrogens with two attached hydrogens (primary N) is 1. The van der Waals surface area contributed by atoms with Crippen LogP contribution in [-0.2, 0) is 13.0 Å². The number of H-pyrrole nitrogens is 1. The summed E-state index contributed by atoms with van der Waals surface area (Å²) in [6, 6.07) is 11.8. The highest BCUT2D eigenvalue weighted by Crippen LogP contribution is 2.33. The maximum atomic E-state index is 11.4. The number of aliphatic hydroxyl groups is 1. The van der Waals surface area contributed by atoms with E-state index in [0.717, 1.165) is 5.69 Å². The molecule has 0 amide bonds. The number of hydrogen-bond acceptors (Lipinski definition) is 7. The lowest BCUT2D eigenvalue weighted by molar-refractivity contribution is 0.131. The Morgan fingerprint density at radius 1 is 1.31 bits per heavy atom. The van der Waals surface area contributed by atoms with Crippen molar-refractivity contribution in [3.05, 3.63) is 81.7 Å². The Balaban J connectivity index is 1.79. The molecule has 0 fully saturated rings. The first-order valence-electron chi connectivity index (χ1n) is 9.15. The Labute approximate surface area is 167 Å². The lowest BCUT2D eigenvalue weighted by atomic mass is 9.98. The third-order valence-electron chi connectivity index (χ3n) is 4.54. The Kier molecular flexibility index (Phi) is 6.48. The predicted molar refractivity (Wildman–Crippen MR) is 110 cm³/mol. The molecule has 0 aliphatic rings. The molecule has 1 unspecified atom stereocenters. The molecule has 3 aromatic rings. The number of aromatic nitrogens is 1. The molecule has 8 nitrogen and oxygen atoms in total. The van der Waals surface area contributed by atoms with E-state index in [-0.39, 0.29) is 11.3 Å². The Hall–Kier alpha value is -3.36. The van der Waals surface area contributed by atoms with Crippen molar-refractivity contribution in [3.8, 4) is 5.75 Å². The second-order valence-electron chi connectivity index (χ2n) is 6.53. The summed E-state index contributed by atoms with van der Waals surface area (Å²) in [5.41, 5.74) is 8.21. The molecule has 2 heterocycles. The molecule has 0 bridgehead atoms. The smallest absolute Gasteiger partial charge is 0.248 e. The third-order valence-corrected chi connectivity index (χ3v) is 4.54. The normalized spacial score (nSPS) is 11.9. The molecule has 0 saturated heterocycles. The van der Waals surface area contributed by atoms with Gasteiger partial charge in [-0.25, -0.2) is 0 Å². The van der Waals surface area contributed by atoms with Crippen molar-refractivity contribution in [1.29, 1.82) is 5.41 Å². The maximum absolute atomic E-state index is 11.4. The van der Waals surface area contributed by atoms with Crippen molar-refractivity contribution >= 4 is 11.4 Å². The van der Waals surface area contributed by atoms with Crippen LogP contribution in [0.2, 0.25) is 0 Å². The topological polar surface area (TPSA) is 137 Å². The zero-order valence-electron chi connectivity index (χ0n) is 16.1. The monoisotopic (exact) mass is 396 g/mol. The number of ether oxygens (including phenoxy) is 1. The molecule has 0 aliphatic heterocycles. The van der Waals surface area contributed by atoms with Gasteiger partial charge in [-0.05, 0) is 43.2 Å². The van der Waals surface area contributed by atoms with E-state index in [1.165, 1.54) is 13.2 Å². The van der Waals surface area contributed by atoms with Gasteiger partial charge in [0.1, 0.15) is 17.7 Å². The van der Waals surface area contributed by atoms with Gasteiger partial charge in [0.2, 0.25) is 5.56 Å². The summed E-state index contributed by atoms with van der Waals surface area (Å²) in [7, 11) is 1.48. The minimum absolute atomic E-state index is 0.182. The van der Waals surface area contributed by atoms with Crippen LogP contribution in [0.1, 0.15) is 35.2 Å². The van der Waals surface area contributed by atoms with E-state index in [4.69, 9.17) is 20.3 Å². The molecule has 0 saturated carbocycles. The number of anilines is 1. The Morgan fingerprint density at radius 3 is 2.83 bits per heavy atom. The van der Waals surface area contributed by atoms with Crippen LogP contribution < -0.4 is 21.3 Å². The van der Waals surface area contributed by atoms with Gasteiger partial charge in [-0.2, -0.15) is 0 Å². The van der Waals surface area contributed by atoms with E-state index in [0.29, 0.717) is 47.7 Å². The van der Waals surface area contributed by atoms with E-state index in [9.17, 15) is 9.90 Å². The maximum Gasteiger partial charge on any atom is 0.248 e. The first kappa shape index (κ1) is 20.4. The van der Waals surface area contributed by atoms with Crippen LogP contribution in [0.25, 0.3) is 0 Å². The van der Waals surface area contributed by atoms with Crippen LogP contribution >= 0.6 is 0 Å². The molecule has 1 aromatic carbocycles. The largest absolute Gasteiger partial charge is 0.496 e. The second-order valence-corrected chi connectivity index (χ2v) is 6.53. The van der Waals surface area contributed by atoms with Crippen LogP contribution in [0.4, 0.5) is 5.69 Å². The van der Waals surface area contributed by atoms with Crippen molar-refractivity contribution in [2.24, 2.45) is 0 Å². The Bertz CT molecular complexity index is 1030. The summed E-state index contributed by atoms with van der Waals surface area (Å²) in [6.45, 7) is 0.329. The first-order valence-corrected chi connectivity index (χ1v) is 9.15. The van der Waals surface area contributed by atoms with E-state index in [1.807, 2.05) is 0 Å². The summed E-state index contributed by atoms with van der Waals surface area (Å²) in [4.78, 5) is 14.2. The van der Waals surface area contributed by atoms with Crippen molar-refractivity contribution in [3.63, 3.8) is 0 Å². The fraction of sp³-hybridized carbons (Fsp3) is 0.238. The summed E-state index contributed by atoms with van der Waals surface area (Å²) < 4.78 is 10.8. The van der Waals surface area contributed by atoms with Gasteiger partial charge in [0.05, 0.1) is 25.5 Å². The van der Waals surface area contributed by atoms with Crippen molar-refractivity contribution < 1.29 is 14.3 Å². The lowest BCUT2D eigenvalue weighted by Gasteiger charge is -2.20. The third kappa shape index (κ3) is 4.92. The number of pyridine rings is 1. The van der Waals surface area contributed by atoms with Crippen LogP contribution in [0.5, 0.6) is 5.75 Å². The van der Waals surface area contributed by atoms with Gasteiger partial charge in [-0.1, -0.05) is 6.07 Å².